The molecule has 1 N–H and O–H groups in total. The molecule has 0 unspecified atom stereocenters. The maximum atomic E-state index is 13.1. The van der Waals surface area contributed by atoms with Gasteiger partial charge in [-0.25, -0.2) is 4.98 Å². The lowest BCUT2D eigenvalue weighted by molar-refractivity contribution is -0.137. The average Bonchev–Trinajstić information content (AvgIpc) is 3.11. The van der Waals surface area contributed by atoms with Crippen molar-refractivity contribution < 1.29 is 18.3 Å². The van der Waals surface area contributed by atoms with Crippen molar-refractivity contribution in [1.82, 2.24) is 9.88 Å². The quantitative estimate of drug-likeness (QED) is 0.499. The standard InChI is InChI=1S/C24H28F3N3OS/c1-15(2)8-19-14-30(7-6-29(19)13-17-9-16(3)10-20(31)11-17)23-28-21-5-4-18(24(25,26)27)12-22(21)32-23/h4-5,9-12,15,19,31H,6-8,13-14H2,1-3H3/t19-/m0/s1. The molecule has 1 fully saturated rings. The normalized spacial score (nSPS) is 18.1. The second kappa shape index (κ2) is 8.90. The molecule has 3 aromatic rings. The zero-order valence-corrected chi connectivity index (χ0v) is 19.3. The number of alkyl halides is 3. The molecule has 0 bridgehead atoms. The first kappa shape index (κ1) is 22.9. The van der Waals surface area contributed by atoms with Gasteiger partial charge in [-0.15, -0.1) is 0 Å². The average molecular weight is 464 g/mol. The minimum Gasteiger partial charge on any atom is -0.508 e. The van der Waals surface area contributed by atoms with Gasteiger partial charge in [-0.1, -0.05) is 31.3 Å². The Labute approximate surface area is 190 Å². The number of benzene rings is 2. The van der Waals surface area contributed by atoms with Crippen LogP contribution < -0.4 is 4.90 Å². The molecule has 1 saturated heterocycles. The van der Waals surface area contributed by atoms with Crippen LogP contribution in [0, 0.1) is 12.8 Å². The summed E-state index contributed by atoms with van der Waals surface area (Å²) in [5, 5.41) is 10.7. The van der Waals surface area contributed by atoms with Gasteiger partial charge < -0.3 is 10.0 Å². The smallest absolute Gasteiger partial charge is 0.416 e. The molecular weight excluding hydrogens is 435 g/mol. The third-order valence-corrected chi connectivity index (χ3v) is 6.91. The predicted octanol–water partition coefficient (Wildman–Crippen LogP) is 6.07. The first-order valence-electron chi connectivity index (χ1n) is 10.8. The van der Waals surface area contributed by atoms with Crippen molar-refractivity contribution in [1.29, 1.82) is 0 Å². The molecule has 2 aromatic carbocycles. The monoisotopic (exact) mass is 463 g/mol. The number of aromatic nitrogens is 1. The van der Waals surface area contributed by atoms with E-state index in [1.54, 1.807) is 6.07 Å². The Bertz CT molecular complexity index is 1080. The van der Waals surface area contributed by atoms with Crippen molar-refractivity contribution in [2.75, 3.05) is 24.5 Å². The summed E-state index contributed by atoms with van der Waals surface area (Å²) in [6, 6.07) is 9.73. The van der Waals surface area contributed by atoms with Crippen molar-refractivity contribution in [3.8, 4) is 5.75 Å². The largest absolute Gasteiger partial charge is 0.508 e. The predicted molar refractivity (Wildman–Crippen MR) is 123 cm³/mol. The number of rotatable bonds is 5. The highest BCUT2D eigenvalue weighted by atomic mass is 32.1. The Morgan fingerprint density at radius 3 is 2.62 bits per heavy atom. The van der Waals surface area contributed by atoms with Crippen LogP contribution in [0.4, 0.5) is 18.3 Å². The van der Waals surface area contributed by atoms with Crippen molar-refractivity contribution in [2.45, 2.75) is 46.0 Å². The van der Waals surface area contributed by atoms with Gasteiger partial charge in [-0.3, -0.25) is 4.90 Å². The molecule has 0 amide bonds. The van der Waals surface area contributed by atoms with Crippen LogP contribution in [-0.2, 0) is 12.7 Å². The van der Waals surface area contributed by atoms with Crippen LogP contribution in [0.5, 0.6) is 5.75 Å². The zero-order valence-electron chi connectivity index (χ0n) is 18.5. The maximum absolute atomic E-state index is 13.1. The van der Waals surface area contributed by atoms with E-state index in [9.17, 15) is 18.3 Å². The number of hydrogen-bond donors (Lipinski definition) is 1. The SMILES string of the molecule is Cc1cc(O)cc(CN2CCN(c3nc4ccc(C(F)(F)F)cc4s3)C[C@@H]2CC(C)C)c1. The molecule has 2 heterocycles. The number of phenolic OH excluding ortho intramolecular Hbond substituents is 1. The van der Waals surface area contributed by atoms with E-state index in [0.29, 0.717) is 22.2 Å². The van der Waals surface area contributed by atoms with E-state index in [0.717, 1.165) is 54.9 Å². The summed E-state index contributed by atoms with van der Waals surface area (Å²) in [5.74, 6) is 0.796. The number of anilines is 1. The fourth-order valence-electron chi connectivity index (χ4n) is 4.43. The van der Waals surface area contributed by atoms with Crippen LogP contribution in [0.15, 0.2) is 36.4 Å². The summed E-state index contributed by atoms with van der Waals surface area (Å²) in [5.41, 5.74) is 2.09. The molecule has 1 aliphatic heterocycles. The van der Waals surface area contributed by atoms with E-state index in [4.69, 9.17) is 0 Å². The third-order valence-electron chi connectivity index (χ3n) is 5.83. The first-order chi connectivity index (χ1) is 15.1. The van der Waals surface area contributed by atoms with Crippen LogP contribution in [0.2, 0.25) is 0 Å². The Morgan fingerprint density at radius 2 is 1.94 bits per heavy atom. The Kier molecular flexibility index (Phi) is 6.36. The van der Waals surface area contributed by atoms with E-state index in [1.807, 2.05) is 13.0 Å². The van der Waals surface area contributed by atoms with Gasteiger partial charge in [0.1, 0.15) is 5.75 Å². The zero-order chi connectivity index (χ0) is 23.0. The number of piperazine rings is 1. The molecule has 32 heavy (non-hydrogen) atoms. The van der Waals surface area contributed by atoms with E-state index in [2.05, 4.69) is 34.7 Å². The van der Waals surface area contributed by atoms with Crippen LogP contribution in [0.3, 0.4) is 0 Å². The molecule has 8 heteroatoms. The van der Waals surface area contributed by atoms with Gasteiger partial charge in [0.15, 0.2) is 5.13 Å². The summed E-state index contributed by atoms with van der Waals surface area (Å²) in [4.78, 5) is 9.28. The van der Waals surface area contributed by atoms with Gasteiger partial charge in [0, 0.05) is 32.2 Å². The maximum Gasteiger partial charge on any atom is 0.416 e. The summed E-state index contributed by atoms with van der Waals surface area (Å²) in [6.07, 6.45) is -3.34. The van der Waals surface area contributed by atoms with E-state index < -0.39 is 11.7 Å². The third kappa shape index (κ3) is 5.18. The highest BCUT2D eigenvalue weighted by molar-refractivity contribution is 7.22. The minimum atomic E-state index is -4.35. The molecule has 1 atom stereocenters. The molecule has 1 aromatic heterocycles. The number of halogens is 3. The molecule has 4 nitrogen and oxygen atoms in total. The molecule has 0 radical (unpaired) electrons. The summed E-state index contributed by atoms with van der Waals surface area (Å²) >= 11 is 1.33. The van der Waals surface area contributed by atoms with Crippen LogP contribution in [0.25, 0.3) is 10.2 Å². The van der Waals surface area contributed by atoms with Crippen LogP contribution >= 0.6 is 11.3 Å². The fourth-order valence-corrected chi connectivity index (χ4v) is 5.47. The Hall–Kier alpha value is -2.32. The number of hydrogen-bond acceptors (Lipinski definition) is 5. The highest BCUT2D eigenvalue weighted by Crippen LogP contribution is 2.36. The summed E-state index contributed by atoms with van der Waals surface area (Å²) in [6.45, 7) is 9.51. The van der Waals surface area contributed by atoms with Gasteiger partial charge in [-0.2, -0.15) is 13.2 Å². The van der Waals surface area contributed by atoms with Crippen molar-refractivity contribution in [2.24, 2.45) is 5.92 Å². The van der Waals surface area contributed by atoms with Gasteiger partial charge >= 0.3 is 6.18 Å². The molecule has 1 aliphatic rings. The minimum absolute atomic E-state index is 0.284. The fraction of sp³-hybridized carbons (Fsp3) is 0.458. The number of nitrogens with zero attached hydrogens (tertiary/aromatic N) is 3. The lowest BCUT2D eigenvalue weighted by Gasteiger charge is -2.42. The molecular formula is C24H28F3N3OS. The van der Waals surface area contributed by atoms with E-state index in [-0.39, 0.29) is 5.75 Å². The molecule has 0 aliphatic carbocycles. The number of phenols is 1. The van der Waals surface area contributed by atoms with Crippen molar-refractivity contribution >= 4 is 26.7 Å². The lowest BCUT2D eigenvalue weighted by Crippen LogP contribution is -2.53. The molecule has 172 valence electrons. The Morgan fingerprint density at radius 1 is 1.16 bits per heavy atom. The van der Waals surface area contributed by atoms with Gasteiger partial charge in [0.05, 0.1) is 15.8 Å². The van der Waals surface area contributed by atoms with Crippen LogP contribution in [-0.4, -0.2) is 40.7 Å². The van der Waals surface area contributed by atoms with E-state index >= 15 is 0 Å². The summed E-state index contributed by atoms with van der Waals surface area (Å²) in [7, 11) is 0. The lowest BCUT2D eigenvalue weighted by atomic mass is 9.99. The second-order valence-corrected chi connectivity index (χ2v) is 10.1. The van der Waals surface area contributed by atoms with Gasteiger partial charge in [-0.05, 0) is 60.7 Å². The molecule has 0 saturated carbocycles. The van der Waals surface area contributed by atoms with E-state index in [1.165, 1.54) is 23.5 Å². The Balaban J connectivity index is 1.54. The van der Waals surface area contributed by atoms with Crippen molar-refractivity contribution in [3.63, 3.8) is 0 Å². The first-order valence-corrected chi connectivity index (χ1v) is 11.7. The molecule has 4 rings (SSSR count). The highest BCUT2D eigenvalue weighted by Gasteiger charge is 2.32. The summed E-state index contributed by atoms with van der Waals surface area (Å²) < 4.78 is 39.8. The molecule has 0 spiro atoms. The van der Waals surface area contributed by atoms with Gasteiger partial charge in [0.25, 0.3) is 0 Å². The number of thiazole rings is 1. The van der Waals surface area contributed by atoms with Gasteiger partial charge in [0.2, 0.25) is 0 Å². The van der Waals surface area contributed by atoms with Crippen LogP contribution in [0.1, 0.15) is 37.0 Å². The topological polar surface area (TPSA) is 39.6 Å². The number of aromatic hydroxyl groups is 1. The second-order valence-electron chi connectivity index (χ2n) is 9.05. The number of fused-ring (bicyclic) bond motifs is 1. The number of aryl methyl sites for hydroxylation is 1. The van der Waals surface area contributed by atoms with Crippen molar-refractivity contribution in [3.05, 3.63) is 53.1 Å².